The fourth-order valence-electron chi connectivity index (χ4n) is 3.23. The number of aliphatic hydroxyl groups is 1. The lowest BCUT2D eigenvalue weighted by Gasteiger charge is -2.13. The van der Waals surface area contributed by atoms with Gasteiger partial charge in [-0.3, -0.25) is 4.79 Å². The van der Waals surface area contributed by atoms with Crippen LogP contribution in [0, 0.1) is 0 Å². The molecular formula is C22H19Cl2N5O2. The zero-order chi connectivity index (χ0) is 22.0. The van der Waals surface area contributed by atoms with Gasteiger partial charge in [0.25, 0.3) is 5.91 Å². The summed E-state index contributed by atoms with van der Waals surface area (Å²) in [7, 11) is 0. The zero-order valence-electron chi connectivity index (χ0n) is 16.3. The van der Waals surface area contributed by atoms with Crippen LogP contribution >= 0.6 is 23.2 Å². The summed E-state index contributed by atoms with van der Waals surface area (Å²) in [6.07, 6.45) is 1.40. The highest BCUT2D eigenvalue weighted by molar-refractivity contribution is 6.34. The summed E-state index contributed by atoms with van der Waals surface area (Å²) in [6.45, 7) is 0.286. The number of aromatic nitrogens is 3. The minimum Gasteiger partial charge on any atom is -0.388 e. The molecule has 7 nitrogen and oxygen atoms in total. The number of fused-ring (bicyclic) bond motifs is 1. The molecule has 4 rings (SSSR count). The molecule has 2 aromatic carbocycles. The Bertz CT molecular complexity index is 1240. The number of carbonyl (C=O) groups is 1. The normalized spacial score (nSPS) is 12.1. The number of nitrogens with zero attached hydrogens (tertiary/aromatic N) is 3. The largest absolute Gasteiger partial charge is 0.388 e. The van der Waals surface area contributed by atoms with E-state index >= 15 is 0 Å². The van der Waals surface area contributed by atoms with Crippen molar-refractivity contribution in [3.05, 3.63) is 82.0 Å². The lowest BCUT2D eigenvalue weighted by molar-refractivity contribution is 0.0943. The Morgan fingerprint density at radius 3 is 2.61 bits per heavy atom. The number of aliphatic hydroxyl groups excluding tert-OH is 1. The van der Waals surface area contributed by atoms with E-state index in [-0.39, 0.29) is 18.4 Å². The second kappa shape index (κ2) is 8.93. The van der Waals surface area contributed by atoms with Crippen molar-refractivity contribution in [2.75, 3.05) is 12.3 Å². The molecule has 0 aliphatic rings. The third kappa shape index (κ3) is 4.80. The van der Waals surface area contributed by atoms with Crippen LogP contribution in [0.2, 0.25) is 10.0 Å². The number of amides is 1. The number of carbonyl (C=O) groups excluding carboxylic acids is 1. The number of nitrogen functional groups attached to an aromatic ring is 1. The summed E-state index contributed by atoms with van der Waals surface area (Å²) >= 11 is 12.1. The summed E-state index contributed by atoms with van der Waals surface area (Å²) < 4.78 is 1.58. The standard InChI is InChI=1S/C22H19Cl2N5O2/c23-16-4-1-13(2-5-16)19(30)7-9-26-21(31)17-11-14(3-6-18(17)24)15-8-10-29-20(12-15)27-22(25)28-29/h1-6,8,10-12,19,30H,7,9H2,(H2,25,28)(H,26,31). The van der Waals surface area contributed by atoms with Crippen LogP contribution in [0.1, 0.15) is 28.4 Å². The van der Waals surface area contributed by atoms with Crippen molar-refractivity contribution in [1.82, 2.24) is 19.9 Å². The Balaban J connectivity index is 1.45. The first-order valence-corrected chi connectivity index (χ1v) is 10.3. The maximum Gasteiger partial charge on any atom is 0.252 e. The number of anilines is 1. The highest BCUT2D eigenvalue weighted by Gasteiger charge is 2.14. The number of pyridine rings is 1. The molecule has 0 fully saturated rings. The van der Waals surface area contributed by atoms with Gasteiger partial charge in [-0.15, -0.1) is 5.10 Å². The number of halogens is 2. The van der Waals surface area contributed by atoms with E-state index in [2.05, 4.69) is 15.4 Å². The molecule has 1 atom stereocenters. The van der Waals surface area contributed by atoms with E-state index in [0.717, 1.165) is 16.7 Å². The molecule has 4 N–H and O–H groups in total. The van der Waals surface area contributed by atoms with E-state index in [1.54, 1.807) is 47.1 Å². The molecule has 0 spiro atoms. The number of nitrogens with two attached hydrogens (primary N) is 1. The lowest BCUT2D eigenvalue weighted by Crippen LogP contribution is -2.26. The minimum absolute atomic E-state index is 0.189. The molecule has 0 saturated carbocycles. The molecule has 0 bridgehead atoms. The van der Waals surface area contributed by atoms with Crippen LogP contribution in [0.25, 0.3) is 16.8 Å². The summed E-state index contributed by atoms with van der Waals surface area (Å²) in [6, 6.07) is 15.9. The summed E-state index contributed by atoms with van der Waals surface area (Å²) in [5.74, 6) is -0.128. The van der Waals surface area contributed by atoms with Gasteiger partial charge in [0, 0.05) is 17.8 Å². The van der Waals surface area contributed by atoms with Gasteiger partial charge >= 0.3 is 0 Å². The Hall–Kier alpha value is -3.13. The van der Waals surface area contributed by atoms with Gasteiger partial charge in [0.1, 0.15) is 0 Å². The van der Waals surface area contributed by atoms with Crippen LogP contribution in [-0.2, 0) is 0 Å². The first kappa shape index (κ1) is 21.1. The van der Waals surface area contributed by atoms with Crippen molar-refractivity contribution in [1.29, 1.82) is 0 Å². The molecular weight excluding hydrogens is 437 g/mol. The quantitative estimate of drug-likeness (QED) is 0.405. The number of nitrogens with one attached hydrogen (secondary N) is 1. The third-order valence-electron chi connectivity index (χ3n) is 4.86. The molecule has 0 radical (unpaired) electrons. The van der Waals surface area contributed by atoms with Crippen LogP contribution < -0.4 is 11.1 Å². The van der Waals surface area contributed by atoms with Gasteiger partial charge < -0.3 is 16.2 Å². The number of rotatable bonds is 6. The van der Waals surface area contributed by atoms with Crippen molar-refractivity contribution in [3.63, 3.8) is 0 Å². The Morgan fingerprint density at radius 2 is 1.84 bits per heavy atom. The van der Waals surface area contributed by atoms with Gasteiger partial charge in [-0.2, -0.15) is 4.98 Å². The monoisotopic (exact) mass is 455 g/mol. The summed E-state index contributed by atoms with van der Waals surface area (Å²) in [5.41, 5.74) is 8.98. The van der Waals surface area contributed by atoms with E-state index in [1.165, 1.54) is 0 Å². The molecule has 9 heteroatoms. The van der Waals surface area contributed by atoms with Crippen LogP contribution in [0.3, 0.4) is 0 Å². The summed E-state index contributed by atoms with van der Waals surface area (Å²) in [5, 5.41) is 18.1. The Kier molecular flexibility index (Phi) is 6.08. The fraction of sp³-hybridized carbons (Fsp3) is 0.136. The molecule has 0 saturated heterocycles. The molecule has 2 aromatic heterocycles. The predicted octanol–water partition coefficient (Wildman–Crippen LogP) is 4.14. The molecule has 0 aliphatic carbocycles. The molecule has 31 heavy (non-hydrogen) atoms. The van der Waals surface area contributed by atoms with Crippen LogP contribution in [-0.4, -0.2) is 32.2 Å². The molecule has 4 aromatic rings. The second-order valence-corrected chi connectivity index (χ2v) is 7.84. The predicted molar refractivity (Wildman–Crippen MR) is 121 cm³/mol. The first-order chi connectivity index (χ1) is 14.9. The smallest absolute Gasteiger partial charge is 0.252 e. The average molecular weight is 456 g/mol. The van der Waals surface area contributed by atoms with Crippen molar-refractivity contribution in [2.45, 2.75) is 12.5 Å². The topological polar surface area (TPSA) is 106 Å². The fourth-order valence-corrected chi connectivity index (χ4v) is 3.56. The van der Waals surface area contributed by atoms with E-state index in [4.69, 9.17) is 28.9 Å². The molecule has 2 heterocycles. The highest BCUT2D eigenvalue weighted by atomic mass is 35.5. The van der Waals surface area contributed by atoms with Gasteiger partial charge in [0.2, 0.25) is 5.95 Å². The summed E-state index contributed by atoms with van der Waals surface area (Å²) in [4.78, 5) is 16.8. The van der Waals surface area contributed by atoms with Crippen molar-refractivity contribution < 1.29 is 9.90 Å². The third-order valence-corrected chi connectivity index (χ3v) is 5.44. The number of hydrogen-bond donors (Lipinski definition) is 3. The van der Waals surface area contributed by atoms with Crippen LogP contribution in [0.5, 0.6) is 0 Å². The van der Waals surface area contributed by atoms with E-state index < -0.39 is 6.10 Å². The molecule has 1 unspecified atom stereocenters. The SMILES string of the molecule is Nc1nc2cc(-c3ccc(Cl)c(C(=O)NCCC(O)c4ccc(Cl)cc4)c3)ccn2n1. The van der Waals surface area contributed by atoms with E-state index in [1.807, 2.05) is 18.2 Å². The van der Waals surface area contributed by atoms with Crippen molar-refractivity contribution in [3.8, 4) is 11.1 Å². The first-order valence-electron chi connectivity index (χ1n) is 9.54. The van der Waals surface area contributed by atoms with E-state index in [9.17, 15) is 9.90 Å². The highest BCUT2D eigenvalue weighted by Crippen LogP contribution is 2.26. The van der Waals surface area contributed by atoms with Crippen LogP contribution in [0.4, 0.5) is 5.95 Å². The van der Waals surface area contributed by atoms with Gasteiger partial charge in [0.15, 0.2) is 5.65 Å². The van der Waals surface area contributed by atoms with Gasteiger partial charge in [-0.25, -0.2) is 4.52 Å². The Morgan fingerprint density at radius 1 is 1.10 bits per heavy atom. The van der Waals surface area contributed by atoms with E-state index in [0.29, 0.717) is 27.7 Å². The average Bonchev–Trinajstić information content (AvgIpc) is 3.13. The zero-order valence-corrected chi connectivity index (χ0v) is 17.8. The Labute approximate surface area is 188 Å². The minimum atomic E-state index is -0.707. The van der Waals surface area contributed by atoms with Gasteiger partial charge in [-0.1, -0.05) is 41.4 Å². The van der Waals surface area contributed by atoms with Gasteiger partial charge in [-0.05, 0) is 59.5 Å². The van der Waals surface area contributed by atoms with Crippen molar-refractivity contribution in [2.24, 2.45) is 0 Å². The molecule has 158 valence electrons. The number of hydrogen-bond acceptors (Lipinski definition) is 5. The number of benzene rings is 2. The van der Waals surface area contributed by atoms with Crippen LogP contribution in [0.15, 0.2) is 60.8 Å². The van der Waals surface area contributed by atoms with Crippen molar-refractivity contribution >= 4 is 40.7 Å². The lowest BCUT2D eigenvalue weighted by atomic mass is 10.0. The van der Waals surface area contributed by atoms with Gasteiger partial charge in [0.05, 0.1) is 16.7 Å². The maximum atomic E-state index is 12.7. The molecule has 1 amide bonds. The molecule has 0 aliphatic heterocycles. The maximum absolute atomic E-state index is 12.7. The second-order valence-electron chi connectivity index (χ2n) is 6.99.